The molecule has 6 nitrogen and oxygen atoms in total. The van der Waals surface area contributed by atoms with Gasteiger partial charge < -0.3 is 19.8 Å². The number of furan rings is 1. The second-order valence-corrected chi connectivity index (χ2v) is 5.96. The van der Waals surface area contributed by atoms with Crippen LogP contribution < -0.4 is 15.4 Å². The number of ether oxygens (including phenoxy) is 1. The number of carbonyl (C=O) groups excluding carboxylic acids is 2. The number of anilines is 1. The Morgan fingerprint density at radius 1 is 1.00 bits per heavy atom. The lowest BCUT2D eigenvalue weighted by Crippen LogP contribution is -2.32. The van der Waals surface area contributed by atoms with Gasteiger partial charge in [-0.1, -0.05) is 36.4 Å². The number of hydrogen-bond donors (Lipinski definition) is 1. The molecule has 0 aliphatic carbocycles. The molecule has 26 heavy (non-hydrogen) atoms. The molecule has 2 heterocycles. The SMILES string of the molecule is NC(=O)C1CN(C(=O)c2ccc(Oc3ccccc3)o2)c2ccccc21. The molecule has 4 rings (SSSR count). The number of amides is 2. The van der Waals surface area contributed by atoms with Gasteiger partial charge in [-0.3, -0.25) is 9.59 Å². The van der Waals surface area contributed by atoms with E-state index in [4.69, 9.17) is 14.9 Å². The first-order valence-electron chi connectivity index (χ1n) is 8.16. The third-order valence-corrected chi connectivity index (χ3v) is 4.31. The maximum atomic E-state index is 12.9. The van der Waals surface area contributed by atoms with Crippen molar-refractivity contribution in [1.82, 2.24) is 0 Å². The Labute approximate surface area is 149 Å². The Kier molecular flexibility index (Phi) is 3.93. The van der Waals surface area contributed by atoms with Crippen molar-refractivity contribution in [3.8, 4) is 11.7 Å². The molecule has 0 fully saturated rings. The van der Waals surface area contributed by atoms with E-state index in [1.54, 1.807) is 30.3 Å². The Hall–Kier alpha value is -3.54. The summed E-state index contributed by atoms with van der Waals surface area (Å²) in [5.74, 6) is -0.356. The highest BCUT2D eigenvalue weighted by Gasteiger charge is 2.36. The van der Waals surface area contributed by atoms with Crippen LogP contribution in [0.25, 0.3) is 0 Å². The molecule has 6 heteroatoms. The van der Waals surface area contributed by atoms with E-state index in [1.165, 1.54) is 4.90 Å². The summed E-state index contributed by atoms with van der Waals surface area (Å²) < 4.78 is 11.1. The van der Waals surface area contributed by atoms with Crippen molar-refractivity contribution in [2.75, 3.05) is 11.4 Å². The van der Waals surface area contributed by atoms with E-state index in [-0.39, 0.29) is 24.2 Å². The van der Waals surface area contributed by atoms with Crippen molar-refractivity contribution >= 4 is 17.5 Å². The number of nitrogens with zero attached hydrogens (tertiary/aromatic N) is 1. The molecule has 0 saturated carbocycles. The molecule has 0 spiro atoms. The number of primary amides is 1. The molecule has 0 bridgehead atoms. The number of nitrogens with two attached hydrogens (primary N) is 1. The molecule has 3 aromatic rings. The maximum absolute atomic E-state index is 12.9. The summed E-state index contributed by atoms with van der Waals surface area (Å²) >= 11 is 0. The maximum Gasteiger partial charge on any atom is 0.294 e. The van der Waals surface area contributed by atoms with Gasteiger partial charge in [-0.05, 0) is 29.8 Å². The molecule has 0 radical (unpaired) electrons. The quantitative estimate of drug-likeness (QED) is 0.784. The van der Waals surface area contributed by atoms with E-state index in [9.17, 15) is 9.59 Å². The lowest BCUT2D eigenvalue weighted by molar-refractivity contribution is -0.119. The molecule has 2 aromatic carbocycles. The average molecular weight is 348 g/mol. The number of rotatable bonds is 4. The first-order valence-corrected chi connectivity index (χ1v) is 8.16. The minimum absolute atomic E-state index is 0.135. The number of fused-ring (bicyclic) bond motifs is 1. The summed E-state index contributed by atoms with van der Waals surface area (Å²) in [5.41, 5.74) is 6.90. The van der Waals surface area contributed by atoms with Crippen molar-refractivity contribution in [2.24, 2.45) is 5.73 Å². The molecule has 1 aliphatic rings. The van der Waals surface area contributed by atoms with Crippen molar-refractivity contribution in [3.05, 3.63) is 78.1 Å². The smallest absolute Gasteiger partial charge is 0.294 e. The van der Waals surface area contributed by atoms with Crippen LogP contribution in [0.3, 0.4) is 0 Å². The van der Waals surface area contributed by atoms with Gasteiger partial charge in [-0.15, -0.1) is 0 Å². The van der Waals surface area contributed by atoms with E-state index < -0.39 is 11.8 Å². The molecule has 130 valence electrons. The zero-order valence-corrected chi connectivity index (χ0v) is 13.8. The summed E-state index contributed by atoms with van der Waals surface area (Å²) in [7, 11) is 0. The monoisotopic (exact) mass is 348 g/mol. The van der Waals surface area contributed by atoms with E-state index in [0.717, 1.165) is 5.56 Å². The fourth-order valence-corrected chi connectivity index (χ4v) is 3.07. The van der Waals surface area contributed by atoms with E-state index >= 15 is 0 Å². The Bertz CT molecular complexity index is 965. The average Bonchev–Trinajstić information content (AvgIpc) is 3.27. The van der Waals surface area contributed by atoms with Crippen LogP contribution in [0.2, 0.25) is 0 Å². The number of carbonyl (C=O) groups is 2. The molecule has 2 N–H and O–H groups in total. The van der Waals surface area contributed by atoms with Crippen LogP contribution in [0.5, 0.6) is 11.7 Å². The normalized spacial score (nSPS) is 15.5. The van der Waals surface area contributed by atoms with E-state index in [0.29, 0.717) is 11.4 Å². The van der Waals surface area contributed by atoms with Crippen LogP contribution in [0.1, 0.15) is 22.0 Å². The van der Waals surface area contributed by atoms with Crippen molar-refractivity contribution in [2.45, 2.75) is 5.92 Å². The highest BCUT2D eigenvalue weighted by atomic mass is 16.6. The van der Waals surface area contributed by atoms with Crippen LogP contribution >= 0.6 is 0 Å². The van der Waals surface area contributed by atoms with Crippen LogP contribution in [-0.2, 0) is 4.79 Å². The molecule has 1 atom stereocenters. The number of hydrogen-bond acceptors (Lipinski definition) is 4. The van der Waals surface area contributed by atoms with E-state index in [2.05, 4.69) is 0 Å². The first kappa shape index (κ1) is 16.0. The largest absolute Gasteiger partial charge is 0.426 e. The summed E-state index contributed by atoms with van der Waals surface area (Å²) in [6, 6.07) is 19.5. The van der Waals surface area contributed by atoms with Crippen LogP contribution in [0.15, 0.2) is 71.1 Å². The van der Waals surface area contributed by atoms with Gasteiger partial charge in [0.1, 0.15) is 5.75 Å². The van der Waals surface area contributed by atoms with Crippen LogP contribution in [0.4, 0.5) is 5.69 Å². The summed E-state index contributed by atoms with van der Waals surface area (Å²) in [6.07, 6.45) is 0. The Balaban J connectivity index is 1.58. The summed E-state index contributed by atoms with van der Waals surface area (Å²) in [5, 5.41) is 0. The molecule has 1 aliphatic heterocycles. The minimum atomic E-state index is -0.523. The van der Waals surface area contributed by atoms with Crippen molar-refractivity contribution in [1.29, 1.82) is 0 Å². The minimum Gasteiger partial charge on any atom is -0.426 e. The van der Waals surface area contributed by atoms with Crippen molar-refractivity contribution in [3.63, 3.8) is 0 Å². The van der Waals surface area contributed by atoms with Crippen molar-refractivity contribution < 1.29 is 18.7 Å². The van der Waals surface area contributed by atoms with Gasteiger partial charge in [-0.2, -0.15) is 0 Å². The van der Waals surface area contributed by atoms with Gasteiger partial charge in [0.2, 0.25) is 5.91 Å². The lowest BCUT2D eigenvalue weighted by atomic mass is 10.0. The zero-order valence-electron chi connectivity index (χ0n) is 13.8. The second-order valence-electron chi connectivity index (χ2n) is 5.96. The molecule has 0 saturated heterocycles. The standard InChI is InChI=1S/C20H16N2O4/c21-19(23)15-12-22(16-9-5-4-8-14(15)16)20(24)17-10-11-18(26-17)25-13-6-2-1-3-7-13/h1-11,15H,12H2,(H2,21,23). The van der Waals surface area contributed by atoms with Gasteiger partial charge in [0, 0.05) is 18.3 Å². The predicted octanol–water partition coefficient (Wildman–Crippen LogP) is 3.30. The third kappa shape index (κ3) is 2.82. The third-order valence-electron chi connectivity index (χ3n) is 4.31. The fourth-order valence-electron chi connectivity index (χ4n) is 3.07. The van der Waals surface area contributed by atoms with Gasteiger partial charge in [0.25, 0.3) is 11.9 Å². The highest BCUT2D eigenvalue weighted by molar-refractivity contribution is 6.07. The molecule has 1 aromatic heterocycles. The first-order chi connectivity index (χ1) is 12.6. The van der Waals surface area contributed by atoms with Gasteiger partial charge >= 0.3 is 0 Å². The lowest BCUT2D eigenvalue weighted by Gasteiger charge is -2.15. The fraction of sp³-hybridized carbons (Fsp3) is 0.100. The second kappa shape index (κ2) is 6.40. The van der Waals surface area contributed by atoms with Crippen LogP contribution in [-0.4, -0.2) is 18.4 Å². The summed E-state index contributed by atoms with van der Waals surface area (Å²) in [6.45, 7) is 0.198. The topological polar surface area (TPSA) is 85.8 Å². The van der Waals surface area contributed by atoms with Gasteiger partial charge in [0.15, 0.2) is 5.76 Å². The Morgan fingerprint density at radius 3 is 2.50 bits per heavy atom. The number of benzene rings is 2. The predicted molar refractivity (Wildman–Crippen MR) is 95.3 cm³/mol. The highest BCUT2D eigenvalue weighted by Crippen LogP contribution is 2.37. The number of para-hydroxylation sites is 2. The molecular weight excluding hydrogens is 332 g/mol. The van der Waals surface area contributed by atoms with E-state index in [1.807, 2.05) is 36.4 Å². The molecule has 2 amide bonds. The van der Waals surface area contributed by atoms with Gasteiger partial charge in [-0.25, -0.2) is 0 Å². The Morgan fingerprint density at radius 2 is 1.73 bits per heavy atom. The van der Waals surface area contributed by atoms with Crippen LogP contribution in [0, 0.1) is 0 Å². The molecular formula is C20H16N2O4. The van der Waals surface area contributed by atoms with Gasteiger partial charge in [0.05, 0.1) is 5.92 Å². The molecule has 1 unspecified atom stereocenters. The summed E-state index contributed by atoms with van der Waals surface area (Å²) in [4.78, 5) is 26.1. The zero-order chi connectivity index (χ0) is 18.1.